The molecule has 1 heterocycles. The fourth-order valence-corrected chi connectivity index (χ4v) is 2.65. The first-order chi connectivity index (χ1) is 10.9. The fourth-order valence-electron chi connectivity index (χ4n) is 2.65. The Hall–Kier alpha value is -1.96. The lowest BCUT2D eigenvalue weighted by Gasteiger charge is -2.35. The number of halogens is 3. The summed E-state index contributed by atoms with van der Waals surface area (Å²) in [5, 5.41) is 11.7. The first-order valence-corrected chi connectivity index (χ1v) is 7.43. The summed E-state index contributed by atoms with van der Waals surface area (Å²) in [6.45, 7) is 0.615. The molecule has 128 valence electrons. The molecule has 1 fully saturated rings. The minimum atomic E-state index is -4.74. The van der Waals surface area contributed by atoms with Crippen LogP contribution >= 0.6 is 0 Å². The van der Waals surface area contributed by atoms with Gasteiger partial charge in [-0.15, -0.1) is 13.2 Å². The number of alkyl halides is 3. The molecule has 8 heteroatoms. The monoisotopic (exact) mass is 332 g/mol. The molecule has 1 atom stereocenters. The third-order valence-electron chi connectivity index (χ3n) is 3.69. The van der Waals surface area contributed by atoms with E-state index in [1.165, 1.54) is 12.1 Å². The number of urea groups is 1. The molecule has 1 unspecified atom stereocenters. The Morgan fingerprint density at radius 3 is 2.61 bits per heavy atom. The van der Waals surface area contributed by atoms with Crippen molar-refractivity contribution in [1.82, 2.24) is 4.90 Å². The van der Waals surface area contributed by atoms with Crippen LogP contribution in [0.15, 0.2) is 24.3 Å². The van der Waals surface area contributed by atoms with Crippen molar-refractivity contribution >= 4 is 11.7 Å². The Labute approximate surface area is 132 Å². The van der Waals surface area contributed by atoms with Crippen LogP contribution < -0.4 is 10.1 Å². The molecule has 2 rings (SSSR count). The Morgan fingerprint density at radius 1 is 1.30 bits per heavy atom. The van der Waals surface area contributed by atoms with E-state index in [0.717, 1.165) is 31.4 Å². The van der Waals surface area contributed by atoms with E-state index in [2.05, 4.69) is 10.1 Å². The second-order valence-corrected chi connectivity index (χ2v) is 5.36. The van der Waals surface area contributed by atoms with Crippen molar-refractivity contribution in [3.8, 4) is 5.75 Å². The molecule has 1 saturated heterocycles. The maximum atomic E-state index is 12.3. The zero-order valence-corrected chi connectivity index (χ0v) is 12.5. The first kappa shape index (κ1) is 17.4. The summed E-state index contributed by atoms with van der Waals surface area (Å²) in [4.78, 5) is 14.0. The maximum Gasteiger partial charge on any atom is 0.573 e. The molecule has 1 aromatic rings. The topological polar surface area (TPSA) is 61.8 Å². The summed E-state index contributed by atoms with van der Waals surface area (Å²) >= 11 is 0. The lowest BCUT2D eigenvalue weighted by Crippen LogP contribution is -2.46. The molecule has 0 bridgehead atoms. The van der Waals surface area contributed by atoms with Crippen molar-refractivity contribution in [1.29, 1.82) is 0 Å². The van der Waals surface area contributed by atoms with E-state index in [1.54, 1.807) is 4.90 Å². The van der Waals surface area contributed by atoms with Crippen LogP contribution in [-0.4, -0.2) is 41.6 Å². The number of aliphatic hydroxyl groups is 1. The van der Waals surface area contributed by atoms with Gasteiger partial charge in [-0.05, 0) is 49.9 Å². The summed E-state index contributed by atoms with van der Waals surface area (Å²) in [7, 11) is 0. The number of likely N-dealkylation sites (tertiary alicyclic amines) is 1. The van der Waals surface area contributed by atoms with E-state index in [9.17, 15) is 18.0 Å². The van der Waals surface area contributed by atoms with E-state index in [1.807, 2.05) is 0 Å². The highest BCUT2D eigenvalue weighted by Crippen LogP contribution is 2.25. The van der Waals surface area contributed by atoms with Crippen LogP contribution in [0.5, 0.6) is 5.75 Å². The molecule has 0 saturated carbocycles. The van der Waals surface area contributed by atoms with E-state index in [4.69, 9.17) is 5.11 Å². The highest BCUT2D eigenvalue weighted by Gasteiger charge is 2.31. The van der Waals surface area contributed by atoms with Crippen LogP contribution in [0.1, 0.15) is 25.7 Å². The van der Waals surface area contributed by atoms with Gasteiger partial charge < -0.3 is 20.1 Å². The third-order valence-corrected chi connectivity index (χ3v) is 3.69. The predicted molar refractivity (Wildman–Crippen MR) is 78.2 cm³/mol. The van der Waals surface area contributed by atoms with Crippen LogP contribution in [-0.2, 0) is 0 Å². The van der Waals surface area contributed by atoms with Crippen molar-refractivity contribution in [3.05, 3.63) is 24.3 Å². The number of hydrogen-bond acceptors (Lipinski definition) is 3. The standard InChI is InChI=1S/C15H19F3N2O3/c16-15(17,18)23-13-6-4-11(5-7-13)19-14(22)20-9-2-1-3-12(20)8-10-21/h4-7,12,21H,1-3,8-10H2,(H,19,22). The second kappa shape index (κ2) is 7.54. The number of aliphatic hydroxyl groups excluding tert-OH is 1. The van der Waals surface area contributed by atoms with Gasteiger partial charge in [-0.3, -0.25) is 0 Å². The average Bonchev–Trinajstić information content (AvgIpc) is 2.48. The molecular formula is C15H19F3N2O3. The van der Waals surface area contributed by atoms with Crippen molar-refractivity contribution < 1.29 is 27.8 Å². The number of piperidine rings is 1. The molecule has 0 radical (unpaired) electrons. The van der Waals surface area contributed by atoms with Gasteiger partial charge in [-0.1, -0.05) is 0 Å². The van der Waals surface area contributed by atoms with Gasteiger partial charge in [0, 0.05) is 24.9 Å². The Bertz CT molecular complexity index is 518. The summed E-state index contributed by atoms with van der Waals surface area (Å²) in [5.74, 6) is -0.341. The van der Waals surface area contributed by atoms with Gasteiger partial charge in [-0.2, -0.15) is 0 Å². The number of carbonyl (C=O) groups is 1. The van der Waals surface area contributed by atoms with Gasteiger partial charge in [0.25, 0.3) is 0 Å². The van der Waals surface area contributed by atoms with Crippen molar-refractivity contribution in [2.45, 2.75) is 38.1 Å². The molecule has 0 aliphatic carbocycles. The first-order valence-electron chi connectivity index (χ1n) is 7.43. The molecule has 0 spiro atoms. The number of benzene rings is 1. The van der Waals surface area contributed by atoms with Gasteiger partial charge in [0.1, 0.15) is 5.75 Å². The van der Waals surface area contributed by atoms with Gasteiger partial charge in [0.05, 0.1) is 0 Å². The summed E-state index contributed by atoms with van der Waals surface area (Å²) in [5.41, 5.74) is 0.387. The largest absolute Gasteiger partial charge is 0.573 e. The number of nitrogens with zero attached hydrogens (tertiary/aromatic N) is 1. The predicted octanol–water partition coefficient (Wildman–Crippen LogP) is 3.35. The van der Waals surface area contributed by atoms with E-state index < -0.39 is 6.36 Å². The number of nitrogens with one attached hydrogen (secondary N) is 1. The number of rotatable bonds is 4. The molecule has 1 aliphatic rings. The number of carbonyl (C=O) groups excluding carboxylic acids is 1. The quantitative estimate of drug-likeness (QED) is 0.889. The fraction of sp³-hybridized carbons (Fsp3) is 0.533. The lowest BCUT2D eigenvalue weighted by atomic mass is 10.0. The van der Waals surface area contributed by atoms with Crippen LogP contribution in [0.4, 0.5) is 23.7 Å². The van der Waals surface area contributed by atoms with Crippen LogP contribution in [0.3, 0.4) is 0 Å². The molecule has 1 aromatic carbocycles. The summed E-state index contributed by atoms with van der Waals surface area (Å²) in [6.07, 6.45) is -1.47. The van der Waals surface area contributed by atoms with Crippen molar-refractivity contribution in [3.63, 3.8) is 0 Å². The third kappa shape index (κ3) is 5.31. The molecule has 2 amide bonds. The van der Waals surface area contributed by atoms with Gasteiger partial charge in [0.15, 0.2) is 0 Å². The highest BCUT2D eigenvalue weighted by atomic mass is 19.4. The molecule has 5 nitrogen and oxygen atoms in total. The Kier molecular flexibility index (Phi) is 5.70. The van der Waals surface area contributed by atoms with Gasteiger partial charge in [0.2, 0.25) is 0 Å². The minimum Gasteiger partial charge on any atom is -0.406 e. The molecular weight excluding hydrogens is 313 g/mol. The summed E-state index contributed by atoms with van der Waals surface area (Å²) < 4.78 is 40.1. The van der Waals surface area contributed by atoms with E-state index >= 15 is 0 Å². The molecule has 2 N–H and O–H groups in total. The molecule has 0 aromatic heterocycles. The number of amides is 2. The minimum absolute atomic E-state index is 0.0118. The summed E-state index contributed by atoms with van der Waals surface area (Å²) in [6, 6.07) is 4.66. The van der Waals surface area contributed by atoms with Crippen LogP contribution in [0, 0.1) is 0 Å². The second-order valence-electron chi connectivity index (χ2n) is 5.36. The average molecular weight is 332 g/mol. The SMILES string of the molecule is O=C(Nc1ccc(OC(F)(F)F)cc1)N1CCCCC1CCO. The van der Waals surface area contributed by atoms with Crippen molar-refractivity contribution in [2.24, 2.45) is 0 Å². The maximum absolute atomic E-state index is 12.3. The normalized spacial score (nSPS) is 18.6. The highest BCUT2D eigenvalue weighted by molar-refractivity contribution is 5.89. The number of ether oxygens (including phenoxy) is 1. The van der Waals surface area contributed by atoms with E-state index in [-0.39, 0.29) is 24.4 Å². The Balaban J connectivity index is 1.96. The van der Waals surface area contributed by atoms with E-state index in [0.29, 0.717) is 18.7 Å². The molecule has 23 heavy (non-hydrogen) atoms. The Morgan fingerprint density at radius 2 is 2.00 bits per heavy atom. The van der Waals surface area contributed by atoms with Crippen LogP contribution in [0.25, 0.3) is 0 Å². The van der Waals surface area contributed by atoms with Crippen molar-refractivity contribution in [2.75, 3.05) is 18.5 Å². The van der Waals surface area contributed by atoms with Gasteiger partial charge >= 0.3 is 12.4 Å². The zero-order valence-electron chi connectivity index (χ0n) is 12.5. The van der Waals surface area contributed by atoms with Gasteiger partial charge in [-0.25, -0.2) is 4.79 Å². The number of anilines is 1. The molecule has 1 aliphatic heterocycles. The number of hydrogen-bond donors (Lipinski definition) is 2. The smallest absolute Gasteiger partial charge is 0.406 e. The lowest BCUT2D eigenvalue weighted by molar-refractivity contribution is -0.274. The zero-order chi connectivity index (χ0) is 16.9. The van der Waals surface area contributed by atoms with Crippen LogP contribution in [0.2, 0.25) is 0 Å².